The van der Waals surface area contributed by atoms with Crippen molar-refractivity contribution in [1.82, 2.24) is 24.0 Å². The Morgan fingerprint density at radius 2 is 1.73 bits per heavy atom. The van der Waals surface area contributed by atoms with Crippen molar-refractivity contribution in [2.75, 3.05) is 45.1 Å². The lowest BCUT2D eigenvalue weighted by molar-refractivity contribution is -0.142. The molecule has 4 aliphatic heterocycles. The number of nitrogens with one attached hydrogen (secondary N) is 1. The van der Waals surface area contributed by atoms with Gasteiger partial charge in [0.05, 0.1) is 11.3 Å². The summed E-state index contributed by atoms with van der Waals surface area (Å²) in [5.41, 5.74) is 0.729. The molecule has 4 saturated heterocycles. The van der Waals surface area contributed by atoms with Gasteiger partial charge in [0.2, 0.25) is 10.0 Å². The number of fused-ring (bicyclic) bond motifs is 3. The zero-order chi connectivity index (χ0) is 31.0. The first-order valence-electron chi connectivity index (χ1n) is 16.2. The van der Waals surface area contributed by atoms with Crippen LogP contribution in [-0.4, -0.2) is 108 Å². The highest BCUT2D eigenvalue weighted by atomic mass is 32.2. The van der Waals surface area contributed by atoms with E-state index in [0.29, 0.717) is 45.8 Å². The fourth-order valence-electron chi connectivity index (χ4n) is 7.70. The van der Waals surface area contributed by atoms with E-state index in [1.54, 1.807) is 15.5 Å². The summed E-state index contributed by atoms with van der Waals surface area (Å²) in [7, 11) is -3.40. The van der Waals surface area contributed by atoms with Gasteiger partial charge in [-0.1, -0.05) is 18.2 Å². The minimum absolute atomic E-state index is 0.0143. The number of piperazine rings is 1. The molecule has 44 heavy (non-hydrogen) atoms. The Hall–Kier alpha value is -2.80. The molecule has 240 valence electrons. The van der Waals surface area contributed by atoms with Crippen LogP contribution in [0.15, 0.2) is 35.1 Å². The van der Waals surface area contributed by atoms with E-state index in [1.165, 1.54) is 4.31 Å². The van der Waals surface area contributed by atoms with E-state index in [2.05, 4.69) is 10.2 Å². The molecule has 2 aromatic rings. The second-order valence-corrected chi connectivity index (χ2v) is 15.1. The number of sulfonamides is 1. The molecule has 0 aliphatic carbocycles. The smallest absolute Gasteiger partial charge is 0.264 e. The molecule has 2 amide bonds. The normalized spacial score (nSPS) is 26.5. The average molecular weight is 628 g/mol. The summed E-state index contributed by atoms with van der Waals surface area (Å²) < 4.78 is 35.0. The predicted molar refractivity (Wildman–Crippen MR) is 168 cm³/mol. The molecule has 0 radical (unpaired) electrons. The number of ether oxygens (including phenoxy) is 1. The summed E-state index contributed by atoms with van der Waals surface area (Å²) in [6.45, 7) is 6.69. The van der Waals surface area contributed by atoms with Crippen LogP contribution in [0.2, 0.25) is 0 Å². The van der Waals surface area contributed by atoms with E-state index >= 15 is 0 Å². The van der Waals surface area contributed by atoms with Crippen LogP contribution in [0.4, 0.5) is 0 Å². The quantitative estimate of drug-likeness (QED) is 0.453. The van der Waals surface area contributed by atoms with Crippen molar-refractivity contribution in [3.8, 4) is 0 Å². The number of carbonyl (C=O) groups excluding carboxylic acids is 2. The lowest BCUT2D eigenvalue weighted by Crippen LogP contribution is -2.53. The van der Waals surface area contributed by atoms with Crippen LogP contribution in [0.1, 0.15) is 75.2 Å². The van der Waals surface area contributed by atoms with Crippen LogP contribution < -0.4 is 10.9 Å². The van der Waals surface area contributed by atoms with Crippen molar-refractivity contribution in [1.29, 1.82) is 0 Å². The Morgan fingerprint density at radius 1 is 1.02 bits per heavy atom. The number of para-hydroxylation sites is 1. The Balaban J connectivity index is 1.00. The minimum Gasteiger partial charge on any atom is -0.368 e. The van der Waals surface area contributed by atoms with Gasteiger partial charge in [0.1, 0.15) is 11.7 Å². The van der Waals surface area contributed by atoms with E-state index in [9.17, 15) is 22.8 Å². The molecule has 0 spiro atoms. The SMILES string of the molecule is CC(C)n1c(=O)c(C(=O)N[C@@H]2C[C@H]3CC[C@@H](C2)N3CCCS(=O)(=O)N2CCN(C(=O)C3CCCO3)CC2)cc2ccccc21. The summed E-state index contributed by atoms with van der Waals surface area (Å²) in [6, 6.07) is 9.84. The highest BCUT2D eigenvalue weighted by Gasteiger charge is 2.41. The van der Waals surface area contributed by atoms with E-state index in [0.717, 1.165) is 49.4 Å². The van der Waals surface area contributed by atoms with Crippen LogP contribution in [0, 0.1) is 0 Å². The molecule has 2 bridgehead atoms. The molecule has 11 nitrogen and oxygen atoms in total. The summed E-state index contributed by atoms with van der Waals surface area (Å²) in [6.07, 6.45) is 5.46. The topological polar surface area (TPSA) is 121 Å². The fraction of sp³-hybridized carbons (Fsp3) is 0.656. The molecule has 1 N–H and O–H groups in total. The Bertz CT molecular complexity index is 1530. The van der Waals surface area contributed by atoms with Crippen molar-refractivity contribution >= 4 is 32.7 Å². The van der Waals surface area contributed by atoms with Crippen LogP contribution >= 0.6 is 0 Å². The number of hydrogen-bond acceptors (Lipinski definition) is 7. The number of amides is 2. The number of piperidine rings is 1. The monoisotopic (exact) mass is 627 g/mol. The summed E-state index contributed by atoms with van der Waals surface area (Å²) in [5, 5.41) is 4.03. The first-order chi connectivity index (χ1) is 21.1. The maximum atomic E-state index is 13.4. The Morgan fingerprint density at radius 3 is 2.39 bits per heavy atom. The van der Waals surface area contributed by atoms with Crippen molar-refractivity contribution in [3.05, 3.63) is 46.2 Å². The number of benzene rings is 1. The highest BCUT2D eigenvalue weighted by Crippen LogP contribution is 2.36. The van der Waals surface area contributed by atoms with Gasteiger partial charge in [-0.25, -0.2) is 8.42 Å². The molecule has 5 heterocycles. The van der Waals surface area contributed by atoms with E-state index in [1.807, 2.05) is 38.1 Å². The molecule has 4 atom stereocenters. The summed E-state index contributed by atoms with van der Waals surface area (Å²) >= 11 is 0. The van der Waals surface area contributed by atoms with Gasteiger partial charge in [-0.15, -0.1) is 0 Å². The zero-order valence-electron chi connectivity index (χ0n) is 25.8. The number of carbonyl (C=O) groups is 2. The van der Waals surface area contributed by atoms with E-state index < -0.39 is 10.0 Å². The molecule has 4 aliphatic rings. The van der Waals surface area contributed by atoms with E-state index in [4.69, 9.17) is 4.74 Å². The van der Waals surface area contributed by atoms with Gasteiger partial charge in [0.25, 0.3) is 17.4 Å². The van der Waals surface area contributed by atoms with Crippen LogP contribution in [0.3, 0.4) is 0 Å². The molecule has 1 aromatic carbocycles. The maximum Gasteiger partial charge on any atom is 0.264 e. The van der Waals surface area contributed by atoms with Crippen molar-refractivity contribution in [3.63, 3.8) is 0 Å². The van der Waals surface area contributed by atoms with Gasteiger partial charge in [-0.2, -0.15) is 4.31 Å². The van der Waals surface area contributed by atoms with Crippen LogP contribution in [-0.2, 0) is 19.6 Å². The second kappa shape index (κ2) is 12.9. The van der Waals surface area contributed by atoms with Gasteiger partial charge in [0, 0.05) is 57.0 Å². The number of aromatic nitrogens is 1. The predicted octanol–water partition coefficient (Wildman–Crippen LogP) is 2.35. The van der Waals surface area contributed by atoms with Crippen molar-refractivity contribution in [2.24, 2.45) is 0 Å². The van der Waals surface area contributed by atoms with Gasteiger partial charge in [-0.3, -0.25) is 19.3 Å². The van der Waals surface area contributed by atoms with Crippen LogP contribution in [0.25, 0.3) is 10.9 Å². The number of pyridine rings is 1. The van der Waals surface area contributed by atoms with Gasteiger partial charge < -0.3 is 19.5 Å². The number of hydrogen-bond donors (Lipinski definition) is 1. The highest BCUT2D eigenvalue weighted by molar-refractivity contribution is 7.89. The largest absolute Gasteiger partial charge is 0.368 e. The fourth-order valence-corrected chi connectivity index (χ4v) is 9.17. The number of rotatable bonds is 9. The third-order valence-electron chi connectivity index (χ3n) is 9.89. The third-order valence-corrected chi connectivity index (χ3v) is 11.8. The molecule has 0 saturated carbocycles. The molecule has 12 heteroatoms. The molecule has 1 unspecified atom stereocenters. The maximum absolute atomic E-state index is 13.4. The first-order valence-corrected chi connectivity index (χ1v) is 17.8. The van der Waals surface area contributed by atoms with E-state index in [-0.39, 0.29) is 59.0 Å². The molecule has 4 fully saturated rings. The lowest BCUT2D eigenvalue weighted by Gasteiger charge is -2.39. The molecule has 1 aromatic heterocycles. The average Bonchev–Trinajstić information content (AvgIpc) is 3.62. The molecular weight excluding hydrogens is 582 g/mol. The van der Waals surface area contributed by atoms with Crippen molar-refractivity contribution < 1.29 is 22.7 Å². The van der Waals surface area contributed by atoms with Gasteiger partial charge >= 0.3 is 0 Å². The zero-order valence-corrected chi connectivity index (χ0v) is 26.6. The summed E-state index contributed by atoms with van der Waals surface area (Å²) in [4.78, 5) is 43.5. The van der Waals surface area contributed by atoms with Crippen molar-refractivity contribution in [2.45, 2.75) is 89.1 Å². The first kappa shape index (κ1) is 31.2. The summed E-state index contributed by atoms with van der Waals surface area (Å²) in [5.74, 6) is -0.247. The standard InChI is InChI=1S/C32H45N5O6S/c1-22(2)37-28-8-4-3-7-23(28)19-27(31(37)39)30(38)33-24-20-25-10-11-26(21-24)36(25)12-6-18-44(41,42)35-15-13-34(14-16-35)32(40)29-9-5-17-43-29/h3-4,7-8,19,22,24-26,29H,5-6,9-18,20-21H2,1-2H3,(H,33,38)/t24-,25-,26+,29?. The molecule has 6 rings (SSSR count). The van der Waals surface area contributed by atoms with Gasteiger partial charge in [0.15, 0.2) is 0 Å². The third kappa shape index (κ3) is 6.31. The second-order valence-electron chi connectivity index (χ2n) is 13.0. The molecular formula is C32H45N5O6S. The Kier molecular flexibility index (Phi) is 9.15. The number of nitrogens with zero attached hydrogens (tertiary/aromatic N) is 4. The minimum atomic E-state index is -3.40. The Labute approximate surface area is 259 Å². The van der Waals surface area contributed by atoms with Crippen LogP contribution in [0.5, 0.6) is 0 Å². The van der Waals surface area contributed by atoms with Gasteiger partial charge in [-0.05, 0) is 82.9 Å². The lowest BCUT2D eigenvalue weighted by atomic mass is 9.96.